The number of aromatic amines is 1. The van der Waals surface area contributed by atoms with Gasteiger partial charge < -0.3 is 26.5 Å². The molecule has 0 radical (unpaired) electrons. The van der Waals surface area contributed by atoms with Crippen molar-refractivity contribution < 1.29 is 9.90 Å². The van der Waals surface area contributed by atoms with Crippen LogP contribution in [0.15, 0.2) is 49.2 Å². The molecule has 1 amide bonds. The number of phenols is 1. The predicted molar refractivity (Wildman–Crippen MR) is 118 cm³/mol. The third-order valence-electron chi connectivity index (χ3n) is 4.25. The molecule has 2 aromatic heterocycles. The Hall–Kier alpha value is -3.96. The van der Waals surface area contributed by atoms with Crippen LogP contribution in [0, 0.1) is 11.8 Å². The SMILES string of the molecule is C=CC(=O)Nc1c[nH]c2c(NCC#Cc3cc(O)c4nc(N)sc4c3)cccc12. The molecule has 2 heterocycles. The lowest BCUT2D eigenvalue weighted by Gasteiger charge is -2.05. The molecule has 0 aliphatic heterocycles. The smallest absolute Gasteiger partial charge is 0.247 e. The lowest BCUT2D eigenvalue weighted by atomic mass is 10.2. The molecule has 0 spiro atoms. The van der Waals surface area contributed by atoms with Crippen LogP contribution in [0.5, 0.6) is 5.75 Å². The molecule has 0 aliphatic rings. The second-order valence-corrected chi connectivity index (χ2v) is 7.24. The van der Waals surface area contributed by atoms with Gasteiger partial charge in [-0.3, -0.25) is 4.79 Å². The molecule has 4 rings (SSSR count). The number of anilines is 3. The minimum absolute atomic E-state index is 0.0676. The van der Waals surface area contributed by atoms with Crippen molar-refractivity contribution in [3.8, 4) is 17.6 Å². The first-order valence-electron chi connectivity index (χ1n) is 8.70. The van der Waals surface area contributed by atoms with Crippen molar-refractivity contribution in [3.05, 3.63) is 54.7 Å². The van der Waals surface area contributed by atoms with Crippen LogP contribution < -0.4 is 16.4 Å². The van der Waals surface area contributed by atoms with E-state index in [1.54, 1.807) is 12.3 Å². The molecule has 6 N–H and O–H groups in total. The van der Waals surface area contributed by atoms with Gasteiger partial charge in [0.05, 0.1) is 28.1 Å². The number of benzene rings is 2. The quantitative estimate of drug-likeness (QED) is 0.263. The molecule has 0 unspecified atom stereocenters. The van der Waals surface area contributed by atoms with Gasteiger partial charge in [-0.1, -0.05) is 41.9 Å². The maximum Gasteiger partial charge on any atom is 0.247 e. The third-order valence-corrected chi connectivity index (χ3v) is 5.08. The highest BCUT2D eigenvalue weighted by molar-refractivity contribution is 7.22. The molecule has 0 aliphatic carbocycles. The number of nitrogen functional groups attached to an aromatic ring is 1. The molecule has 0 fully saturated rings. The summed E-state index contributed by atoms with van der Waals surface area (Å²) in [7, 11) is 0. The van der Waals surface area contributed by atoms with Gasteiger partial charge >= 0.3 is 0 Å². The Labute approximate surface area is 170 Å². The minimum atomic E-state index is -0.266. The zero-order valence-electron chi connectivity index (χ0n) is 15.2. The van der Waals surface area contributed by atoms with Crippen molar-refractivity contribution in [2.75, 3.05) is 22.9 Å². The fourth-order valence-electron chi connectivity index (χ4n) is 2.98. The van der Waals surface area contributed by atoms with E-state index < -0.39 is 0 Å². The van der Waals surface area contributed by atoms with Gasteiger partial charge in [-0.25, -0.2) is 4.98 Å². The Balaban J connectivity index is 1.51. The van der Waals surface area contributed by atoms with Crippen molar-refractivity contribution in [2.45, 2.75) is 0 Å². The number of hydrogen-bond acceptors (Lipinski definition) is 6. The van der Waals surface area contributed by atoms with E-state index in [4.69, 9.17) is 5.73 Å². The Bertz CT molecular complexity index is 1310. The number of aromatic hydroxyl groups is 1. The van der Waals surface area contributed by atoms with Crippen LogP contribution in [-0.4, -0.2) is 27.5 Å². The predicted octanol–water partition coefficient (Wildman–Crippen LogP) is 3.65. The normalized spacial score (nSPS) is 10.5. The average molecular weight is 403 g/mol. The van der Waals surface area contributed by atoms with E-state index in [0.717, 1.165) is 21.3 Å². The number of phenolic OH excluding ortho intramolecular Hbond substituents is 1. The number of hydrogen-bond donors (Lipinski definition) is 5. The topological polar surface area (TPSA) is 116 Å². The van der Waals surface area contributed by atoms with Gasteiger partial charge in [0, 0.05) is 17.1 Å². The lowest BCUT2D eigenvalue weighted by molar-refractivity contribution is -0.111. The van der Waals surface area contributed by atoms with Crippen molar-refractivity contribution in [2.24, 2.45) is 0 Å². The summed E-state index contributed by atoms with van der Waals surface area (Å²) in [6.07, 6.45) is 2.97. The van der Waals surface area contributed by atoms with Crippen LogP contribution in [0.4, 0.5) is 16.5 Å². The van der Waals surface area contributed by atoms with E-state index in [2.05, 4.69) is 39.0 Å². The number of para-hydroxylation sites is 1. The van der Waals surface area contributed by atoms with Crippen molar-refractivity contribution in [1.82, 2.24) is 9.97 Å². The summed E-state index contributed by atoms with van der Waals surface area (Å²) in [6.45, 7) is 3.86. The van der Waals surface area contributed by atoms with Crippen molar-refractivity contribution in [3.63, 3.8) is 0 Å². The summed E-state index contributed by atoms with van der Waals surface area (Å²) in [5.74, 6) is 5.88. The molecule has 7 nitrogen and oxygen atoms in total. The molecule has 4 aromatic rings. The van der Waals surface area contributed by atoms with Gasteiger partial charge in [0.2, 0.25) is 5.91 Å². The van der Waals surface area contributed by atoms with Gasteiger partial charge in [-0.05, 0) is 24.3 Å². The number of carbonyl (C=O) groups is 1. The molecule has 0 saturated carbocycles. The zero-order valence-corrected chi connectivity index (χ0v) is 16.1. The summed E-state index contributed by atoms with van der Waals surface area (Å²) in [4.78, 5) is 18.8. The summed E-state index contributed by atoms with van der Waals surface area (Å²) in [5.41, 5.74) is 9.30. The van der Waals surface area contributed by atoms with E-state index in [0.29, 0.717) is 28.4 Å². The zero-order chi connectivity index (χ0) is 20.4. The first-order valence-corrected chi connectivity index (χ1v) is 9.52. The molecule has 2 aromatic carbocycles. The van der Waals surface area contributed by atoms with E-state index in [1.807, 2.05) is 24.3 Å². The number of rotatable bonds is 4. The van der Waals surface area contributed by atoms with Gasteiger partial charge in [-0.2, -0.15) is 0 Å². The first kappa shape index (κ1) is 18.4. The van der Waals surface area contributed by atoms with Gasteiger partial charge in [-0.15, -0.1) is 0 Å². The van der Waals surface area contributed by atoms with E-state index in [-0.39, 0.29) is 11.7 Å². The van der Waals surface area contributed by atoms with Crippen LogP contribution in [0.3, 0.4) is 0 Å². The number of fused-ring (bicyclic) bond motifs is 2. The second kappa shape index (κ2) is 7.58. The first-order chi connectivity index (χ1) is 14.0. The molecule has 144 valence electrons. The summed E-state index contributed by atoms with van der Waals surface area (Å²) in [5, 5.41) is 17.4. The van der Waals surface area contributed by atoms with Crippen molar-refractivity contribution in [1.29, 1.82) is 0 Å². The van der Waals surface area contributed by atoms with Gasteiger partial charge in [0.1, 0.15) is 11.3 Å². The fourth-order valence-corrected chi connectivity index (χ4v) is 3.77. The molecule has 8 heteroatoms. The standard InChI is InChI=1S/C21H17N5O2S/c1-2-18(28)25-15-11-24-19-13(15)6-3-7-14(19)23-8-4-5-12-9-16(27)20-17(10-12)29-21(22)26-20/h2-3,6-7,9-11,23-24,27H,1,8H2,(H2,22,26)(H,25,28). The van der Waals surface area contributed by atoms with Crippen LogP contribution in [0.2, 0.25) is 0 Å². The highest BCUT2D eigenvalue weighted by Gasteiger charge is 2.09. The molecule has 29 heavy (non-hydrogen) atoms. The summed E-state index contributed by atoms with van der Waals surface area (Å²) < 4.78 is 0.796. The molecule has 0 saturated heterocycles. The Morgan fingerprint density at radius 1 is 1.38 bits per heavy atom. The van der Waals surface area contributed by atoms with E-state index >= 15 is 0 Å². The second-order valence-electron chi connectivity index (χ2n) is 6.17. The highest BCUT2D eigenvalue weighted by atomic mass is 32.1. The monoisotopic (exact) mass is 403 g/mol. The minimum Gasteiger partial charge on any atom is -0.506 e. The fraction of sp³-hybridized carbons (Fsp3) is 0.0476. The Morgan fingerprint density at radius 3 is 3.07 bits per heavy atom. The van der Waals surface area contributed by atoms with Crippen LogP contribution in [0.25, 0.3) is 21.1 Å². The molecular formula is C21H17N5O2S. The number of nitrogens with zero attached hydrogens (tertiary/aromatic N) is 1. The maximum absolute atomic E-state index is 11.6. The van der Waals surface area contributed by atoms with Crippen LogP contribution in [0.1, 0.15) is 5.56 Å². The maximum atomic E-state index is 11.6. The lowest BCUT2D eigenvalue weighted by Crippen LogP contribution is -2.06. The molecular weight excluding hydrogens is 386 g/mol. The van der Waals surface area contributed by atoms with Crippen LogP contribution in [-0.2, 0) is 4.79 Å². The number of aromatic nitrogens is 2. The molecule has 0 bridgehead atoms. The number of H-pyrrole nitrogens is 1. The largest absolute Gasteiger partial charge is 0.506 e. The van der Waals surface area contributed by atoms with Crippen LogP contribution >= 0.6 is 11.3 Å². The average Bonchev–Trinajstić information content (AvgIpc) is 3.29. The van der Waals surface area contributed by atoms with Crippen molar-refractivity contribution >= 4 is 54.9 Å². The highest BCUT2D eigenvalue weighted by Crippen LogP contribution is 2.31. The molecule has 0 atom stereocenters. The summed E-state index contributed by atoms with van der Waals surface area (Å²) in [6, 6.07) is 9.18. The summed E-state index contributed by atoms with van der Waals surface area (Å²) >= 11 is 1.31. The number of amides is 1. The number of nitrogens with one attached hydrogen (secondary N) is 3. The van der Waals surface area contributed by atoms with E-state index in [9.17, 15) is 9.90 Å². The number of thiazole rings is 1. The third kappa shape index (κ3) is 3.72. The van der Waals surface area contributed by atoms with Gasteiger partial charge in [0.25, 0.3) is 0 Å². The number of nitrogens with two attached hydrogens (primary N) is 1. The Morgan fingerprint density at radius 2 is 2.24 bits per heavy atom. The number of carbonyl (C=O) groups excluding carboxylic acids is 1. The Kier molecular flexibility index (Phi) is 4.81. The van der Waals surface area contributed by atoms with Gasteiger partial charge in [0.15, 0.2) is 5.13 Å². The van der Waals surface area contributed by atoms with E-state index in [1.165, 1.54) is 17.4 Å².